The van der Waals surface area contributed by atoms with Crippen molar-refractivity contribution in [1.29, 1.82) is 0 Å². The molecule has 0 N–H and O–H groups in total. The standard InChI is InChI=1S/C12H19NO/c1-3-4-5-8-13-9-6-12(7-10-13)11(2)14/h1,12H,4-10H2,2H3. The van der Waals surface area contributed by atoms with E-state index in [4.69, 9.17) is 6.42 Å². The van der Waals surface area contributed by atoms with Gasteiger partial charge in [-0.25, -0.2) is 0 Å². The Labute approximate surface area is 86.7 Å². The molecular weight excluding hydrogens is 174 g/mol. The molecule has 2 heteroatoms. The van der Waals surface area contributed by atoms with Gasteiger partial charge in [0.1, 0.15) is 5.78 Å². The normalized spacial score (nSPS) is 19.1. The molecule has 1 aliphatic heterocycles. The number of terminal acetylenes is 1. The monoisotopic (exact) mass is 193 g/mol. The Hall–Kier alpha value is -0.810. The largest absolute Gasteiger partial charge is 0.303 e. The fraction of sp³-hybridized carbons (Fsp3) is 0.750. The number of unbranched alkanes of at least 4 members (excludes halogenated alkanes) is 1. The van der Waals surface area contributed by atoms with Crippen molar-refractivity contribution in [3.8, 4) is 12.3 Å². The second-order valence-corrected chi connectivity index (χ2v) is 4.03. The third-order valence-corrected chi connectivity index (χ3v) is 2.96. The highest BCUT2D eigenvalue weighted by Crippen LogP contribution is 2.17. The van der Waals surface area contributed by atoms with E-state index in [-0.39, 0.29) is 0 Å². The summed E-state index contributed by atoms with van der Waals surface area (Å²) in [5.74, 6) is 3.33. The predicted octanol–water partition coefficient (Wildman–Crippen LogP) is 1.70. The van der Waals surface area contributed by atoms with Gasteiger partial charge in [0.05, 0.1) is 0 Å². The summed E-state index contributed by atoms with van der Waals surface area (Å²) in [6.07, 6.45) is 9.21. The minimum Gasteiger partial charge on any atom is -0.303 e. The first kappa shape index (κ1) is 11.3. The van der Waals surface area contributed by atoms with Crippen molar-refractivity contribution in [3.63, 3.8) is 0 Å². The van der Waals surface area contributed by atoms with E-state index in [1.165, 1.54) is 0 Å². The van der Waals surface area contributed by atoms with Gasteiger partial charge in [0.2, 0.25) is 0 Å². The molecule has 0 unspecified atom stereocenters. The summed E-state index contributed by atoms with van der Waals surface area (Å²) in [7, 11) is 0. The maximum Gasteiger partial charge on any atom is 0.133 e. The Balaban J connectivity index is 2.16. The number of hydrogen-bond acceptors (Lipinski definition) is 2. The Kier molecular flexibility index (Phi) is 4.69. The molecular formula is C12H19NO. The van der Waals surface area contributed by atoms with Crippen LogP contribution in [-0.4, -0.2) is 30.3 Å². The first-order valence-electron chi connectivity index (χ1n) is 5.40. The van der Waals surface area contributed by atoms with Crippen molar-refractivity contribution in [2.24, 2.45) is 5.92 Å². The van der Waals surface area contributed by atoms with E-state index in [0.29, 0.717) is 11.7 Å². The zero-order chi connectivity index (χ0) is 10.4. The molecule has 0 radical (unpaired) electrons. The Morgan fingerprint density at radius 1 is 1.50 bits per heavy atom. The Morgan fingerprint density at radius 2 is 2.14 bits per heavy atom. The zero-order valence-electron chi connectivity index (χ0n) is 8.96. The number of hydrogen-bond donors (Lipinski definition) is 0. The van der Waals surface area contributed by atoms with Gasteiger partial charge in [0.15, 0.2) is 0 Å². The van der Waals surface area contributed by atoms with Crippen LogP contribution in [0.5, 0.6) is 0 Å². The fourth-order valence-corrected chi connectivity index (χ4v) is 1.97. The summed E-state index contributed by atoms with van der Waals surface area (Å²) in [6.45, 7) is 4.93. The number of likely N-dealkylation sites (tertiary alicyclic amines) is 1. The van der Waals surface area contributed by atoms with Gasteiger partial charge in [-0.3, -0.25) is 4.79 Å². The first-order chi connectivity index (χ1) is 6.74. The number of piperidine rings is 1. The van der Waals surface area contributed by atoms with E-state index >= 15 is 0 Å². The molecule has 0 spiro atoms. The molecule has 0 aromatic rings. The molecule has 1 aliphatic rings. The lowest BCUT2D eigenvalue weighted by Gasteiger charge is -2.30. The zero-order valence-corrected chi connectivity index (χ0v) is 8.96. The van der Waals surface area contributed by atoms with Crippen LogP contribution in [0.4, 0.5) is 0 Å². The van der Waals surface area contributed by atoms with Crippen LogP contribution in [0.3, 0.4) is 0 Å². The molecule has 0 aromatic carbocycles. The van der Waals surface area contributed by atoms with Crippen LogP contribution in [0.15, 0.2) is 0 Å². The van der Waals surface area contributed by atoms with Crippen LogP contribution in [-0.2, 0) is 4.79 Å². The van der Waals surface area contributed by atoms with Crippen LogP contribution in [0.2, 0.25) is 0 Å². The third-order valence-electron chi connectivity index (χ3n) is 2.96. The number of carbonyl (C=O) groups is 1. The van der Waals surface area contributed by atoms with Gasteiger partial charge in [-0.15, -0.1) is 12.3 Å². The number of rotatable bonds is 4. The van der Waals surface area contributed by atoms with Crippen LogP contribution in [0.25, 0.3) is 0 Å². The minimum atomic E-state index is 0.318. The Bertz CT molecular complexity index is 221. The molecule has 1 rings (SSSR count). The van der Waals surface area contributed by atoms with E-state index in [1.54, 1.807) is 6.92 Å². The van der Waals surface area contributed by atoms with Crippen LogP contribution < -0.4 is 0 Å². The molecule has 0 aromatic heterocycles. The predicted molar refractivity (Wildman–Crippen MR) is 57.9 cm³/mol. The molecule has 78 valence electrons. The lowest BCUT2D eigenvalue weighted by molar-refractivity contribution is -0.122. The van der Waals surface area contributed by atoms with Gasteiger partial charge < -0.3 is 4.90 Å². The average molecular weight is 193 g/mol. The molecule has 1 heterocycles. The first-order valence-corrected chi connectivity index (χ1v) is 5.40. The van der Waals surface area contributed by atoms with Crippen molar-refractivity contribution >= 4 is 5.78 Å². The summed E-state index contributed by atoms with van der Waals surface area (Å²) in [6, 6.07) is 0. The van der Waals surface area contributed by atoms with Crippen LogP contribution in [0, 0.1) is 18.3 Å². The number of ketones is 1. The van der Waals surface area contributed by atoms with Crippen molar-refractivity contribution in [2.75, 3.05) is 19.6 Å². The van der Waals surface area contributed by atoms with Gasteiger partial charge in [-0.2, -0.15) is 0 Å². The SMILES string of the molecule is C#CCCCN1CCC(C(C)=O)CC1. The summed E-state index contributed by atoms with van der Waals surface area (Å²) in [5.41, 5.74) is 0. The van der Waals surface area contributed by atoms with Crippen LogP contribution in [0.1, 0.15) is 32.6 Å². The highest BCUT2D eigenvalue weighted by Gasteiger charge is 2.21. The minimum absolute atomic E-state index is 0.318. The van der Waals surface area contributed by atoms with Crippen molar-refractivity contribution in [3.05, 3.63) is 0 Å². The van der Waals surface area contributed by atoms with Crippen molar-refractivity contribution in [2.45, 2.75) is 32.6 Å². The number of nitrogens with zero attached hydrogens (tertiary/aromatic N) is 1. The van der Waals surface area contributed by atoms with E-state index in [0.717, 1.165) is 45.3 Å². The quantitative estimate of drug-likeness (QED) is 0.500. The van der Waals surface area contributed by atoms with E-state index < -0.39 is 0 Å². The summed E-state index contributed by atoms with van der Waals surface area (Å²) >= 11 is 0. The molecule has 2 nitrogen and oxygen atoms in total. The fourth-order valence-electron chi connectivity index (χ4n) is 1.97. The van der Waals surface area contributed by atoms with Crippen LogP contribution >= 0.6 is 0 Å². The highest BCUT2D eigenvalue weighted by molar-refractivity contribution is 5.78. The maximum atomic E-state index is 11.1. The molecule has 0 saturated carbocycles. The number of carbonyl (C=O) groups excluding carboxylic acids is 1. The third kappa shape index (κ3) is 3.51. The smallest absolute Gasteiger partial charge is 0.133 e. The highest BCUT2D eigenvalue weighted by atomic mass is 16.1. The molecule has 0 atom stereocenters. The number of Topliss-reactive ketones (excluding diaryl/α,β-unsaturated/α-hetero) is 1. The summed E-state index contributed by atoms with van der Waals surface area (Å²) < 4.78 is 0. The van der Waals surface area contributed by atoms with Gasteiger partial charge in [0, 0.05) is 12.3 Å². The molecule has 0 amide bonds. The van der Waals surface area contributed by atoms with E-state index in [2.05, 4.69) is 10.8 Å². The summed E-state index contributed by atoms with van der Waals surface area (Å²) in [4.78, 5) is 13.5. The van der Waals surface area contributed by atoms with Gasteiger partial charge in [-0.05, 0) is 45.8 Å². The van der Waals surface area contributed by atoms with E-state index in [9.17, 15) is 4.79 Å². The molecule has 1 saturated heterocycles. The van der Waals surface area contributed by atoms with Crippen molar-refractivity contribution < 1.29 is 4.79 Å². The van der Waals surface area contributed by atoms with E-state index in [1.807, 2.05) is 0 Å². The summed E-state index contributed by atoms with van der Waals surface area (Å²) in [5, 5.41) is 0. The molecule has 0 aliphatic carbocycles. The lowest BCUT2D eigenvalue weighted by atomic mass is 9.93. The molecule has 14 heavy (non-hydrogen) atoms. The Morgan fingerprint density at radius 3 is 2.64 bits per heavy atom. The molecule has 0 bridgehead atoms. The average Bonchev–Trinajstić information content (AvgIpc) is 2.19. The van der Waals surface area contributed by atoms with Gasteiger partial charge in [0.25, 0.3) is 0 Å². The topological polar surface area (TPSA) is 20.3 Å². The second-order valence-electron chi connectivity index (χ2n) is 4.03. The second kappa shape index (κ2) is 5.82. The lowest BCUT2D eigenvalue weighted by Crippen LogP contribution is -2.36. The molecule has 1 fully saturated rings. The van der Waals surface area contributed by atoms with Gasteiger partial charge >= 0.3 is 0 Å². The van der Waals surface area contributed by atoms with Crippen molar-refractivity contribution in [1.82, 2.24) is 4.90 Å². The van der Waals surface area contributed by atoms with Gasteiger partial charge in [-0.1, -0.05) is 0 Å². The maximum absolute atomic E-state index is 11.1.